The fourth-order valence-electron chi connectivity index (χ4n) is 1.83. The van der Waals surface area contributed by atoms with E-state index in [1.807, 2.05) is 0 Å². The van der Waals surface area contributed by atoms with Crippen molar-refractivity contribution in [2.75, 3.05) is 19.8 Å². The van der Waals surface area contributed by atoms with Crippen molar-refractivity contribution in [1.82, 2.24) is 0 Å². The maximum absolute atomic E-state index is 13.3. The first-order valence-corrected chi connectivity index (χ1v) is 8.67. The van der Waals surface area contributed by atoms with Crippen LogP contribution in [0, 0.1) is 0 Å². The van der Waals surface area contributed by atoms with Crippen LogP contribution in [0.2, 0.25) is 5.02 Å². The molecule has 0 radical (unpaired) electrons. The number of hydrogen-bond acceptors (Lipinski definition) is 4. The SMILES string of the molecule is CC(C)=NOCCCCOc1c(Cl)cc(OC/C=C(\F)Cl)cc1C(F)(F)F. The van der Waals surface area contributed by atoms with E-state index < -0.39 is 22.8 Å². The molecular weight excluding hydrogens is 413 g/mol. The van der Waals surface area contributed by atoms with Gasteiger partial charge in [-0.05, 0) is 32.8 Å². The number of halogens is 6. The average molecular weight is 432 g/mol. The topological polar surface area (TPSA) is 40.0 Å². The molecule has 27 heavy (non-hydrogen) atoms. The third-order valence-electron chi connectivity index (χ3n) is 2.93. The molecule has 1 aromatic carbocycles. The normalized spacial score (nSPS) is 11.9. The number of hydrogen-bond donors (Lipinski definition) is 0. The minimum atomic E-state index is -4.71. The summed E-state index contributed by atoms with van der Waals surface area (Å²) >= 11 is 10.9. The van der Waals surface area contributed by atoms with Gasteiger partial charge >= 0.3 is 6.18 Å². The Balaban J connectivity index is 2.74. The van der Waals surface area contributed by atoms with Crippen LogP contribution in [0.25, 0.3) is 0 Å². The minimum Gasteiger partial charge on any atom is -0.491 e. The standard InChI is InChI=1S/C17H19Cl2F4NO3/c1-11(2)24-27-7-4-3-6-26-16-13(17(21,22)23)9-12(10-14(16)18)25-8-5-15(19)20/h5,9-10H,3-4,6-8H2,1-2H3/b15-5-. The summed E-state index contributed by atoms with van der Waals surface area (Å²) in [6.45, 7) is 3.55. The Hall–Kier alpha value is -1.67. The van der Waals surface area contributed by atoms with E-state index >= 15 is 0 Å². The fourth-order valence-corrected chi connectivity index (χ4v) is 2.15. The van der Waals surface area contributed by atoms with Crippen LogP contribution in [-0.2, 0) is 11.0 Å². The zero-order valence-corrected chi connectivity index (χ0v) is 16.2. The van der Waals surface area contributed by atoms with Crippen molar-refractivity contribution >= 4 is 28.9 Å². The molecule has 4 nitrogen and oxygen atoms in total. The summed E-state index contributed by atoms with van der Waals surface area (Å²) in [6, 6.07) is 1.90. The molecule has 0 bridgehead atoms. The summed E-state index contributed by atoms with van der Waals surface area (Å²) in [4.78, 5) is 4.99. The smallest absolute Gasteiger partial charge is 0.420 e. The molecule has 10 heteroatoms. The molecule has 0 saturated heterocycles. The molecule has 0 amide bonds. The van der Waals surface area contributed by atoms with Crippen LogP contribution < -0.4 is 9.47 Å². The molecule has 0 unspecified atom stereocenters. The van der Waals surface area contributed by atoms with Gasteiger partial charge in [0.2, 0.25) is 0 Å². The average Bonchev–Trinajstić information content (AvgIpc) is 2.53. The Bertz CT molecular complexity index is 671. The highest BCUT2D eigenvalue weighted by atomic mass is 35.5. The molecule has 0 aliphatic carbocycles. The molecule has 0 fully saturated rings. The molecule has 0 aliphatic rings. The number of rotatable bonds is 10. The Morgan fingerprint density at radius 3 is 2.41 bits per heavy atom. The lowest BCUT2D eigenvalue weighted by Gasteiger charge is -2.17. The first-order chi connectivity index (χ1) is 12.6. The van der Waals surface area contributed by atoms with E-state index in [2.05, 4.69) is 5.16 Å². The van der Waals surface area contributed by atoms with Crippen molar-refractivity contribution in [2.45, 2.75) is 32.9 Å². The van der Waals surface area contributed by atoms with Gasteiger partial charge < -0.3 is 14.3 Å². The monoisotopic (exact) mass is 431 g/mol. The maximum atomic E-state index is 13.3. The van der Waals surface area contributed by atoms with Gasteiger partial charge in [-0.25, -0.2) is 0 Å². The fraction of sp³-hybridized carbons (Fsp3) is 0.471. The number of benzene rings is 1. The zero-order valence-electron chi connectivity index (χ0n) is 14.7. The summed E-state index contributed by atoms with van der Waals surface area (Å²) in [6.07, 6.45) is -2.85. The van der Waals surface area contributed by atoms with E-state index in [1.165, 1.54) is 0 Å². The quantitative estimate of drug-likeness (QED) is 0.187. The van der Waals surface area contributed by atoms with Crippen molar-refractivity contribution in [3.05, 3.63) is 34.1 Å². The lowest BCUT2D eigenvalue weighted by atomic mass is 10.1. The van der Waals surface area contributed by atoms with Gasteiger partial charge in [0.05, 0.1) is 17.3 Å². The van der Waals surface area contributed by atoms with E-state index in [0.717, 1.165) is 23.9 Å². The Morgan fingerprint density at radius 2 is 1.81 bits per heavy atom. The first kappa shape index (κ1) is 23.4. The maximum Gasteiger partial charge on any atom is 0.420 e. The van der Waals surface area contributed by atoms with Crippen LogP contribution in [0.4, 0.5) is 17.6 Å². The minimum absolute atomic E-state index is 0.0153. The van der Waals surface area contributed by atoms with Crippen LogP contribution in [0.5, 0.6) is 11.5 Å². The van der Waals surface area contributed by atoms with Gasteiger partial charge in [0.1, 0.15) is 30.3 Å². The number of oxime groups is 1. The third-order valence-corrected chi connectivity index (χ3v) is 3.37. The number of nitrogens with zero attached hydrogens (tertiary/aromatic N) is 1. The first-order valence-electron chi connectivity index (χ1n) is 7.92. The van der Waals surface area contributed by atoms with Crippen LogP contribution in [0.15, 0.2) is 28.7 Å². The summed E-state index contributed by atoms with van der Waals surface area (Å²) in [5, 5.41) is 2.45. The van der Waals surface area contributed by atoms with Gasteiger partial charge in [-0.1, -0.05) is 28.4 Å². The van der Waals surface area contributed by atoms with E-state index in [-0.39, 0.29) is 24.0 Å². The highest BCUT2D eigenvalue weighted by Gasteiger charge is 2.36. The summed E-state index contributed by atoms with van der Waals surface area (Å²) in [7, 11) is 0. The van der Waals surface area contributed by atoms with Crippen LogP contribution in [0.3, 0.4) is 0 Å². The van der Waals surface area contributed by atoms with E-state index in [1.54, 1.807) is 13.8 Å². The zero-order chi connectivity index (χ0) is 20.4. The predicted octanol–water partition coefficient (Wildman–Crippen LogP) is 6.36. The van der Waals surface area contributed by atoms with Crippen LogP contribution >= 0.6 is 23.2 Å². The van der Waals surface area contributed by atoms with Gasteiger partial charge in [-0.15, -0.1) is 0 Å². The van der Waals surface area contributed by atoms with Crippen molar-refractivity contribution in [3.8, 4) is 11.5 Å². The van der Waals surface area contributed by atoms with Crippen molar-refractivity contribution in [2.24, 2.45) is 5.16 Å². The van der Waals surface area contributed by atoms with Crippen molar-refractivity contribution in [3.63, 3.8) is 0 Å². The van der Waals surface area contributed by atoms with Gasteiger partial charge in [0.25, 0.3) is 0 Å². The van der Waals surface area contributed by atoms with Gasteiger partial charge in [-0.2, -0.15) is 17.6 Å². The Kier molecular flexibility index (Phi) is 9.73. The third kappa shape index (κ3) is 9.19. The lowest BCUT2D eigenvalue weighted by molar-refractivity contribution is -0.139. The number of alkyl halides is 3. The van der Waals surface area contributed by atoms with Gasteiger partial charge in [0.15, 0.2) is 5.29 Å². The predicted molar refractivity (Wildman–Crippen MR) is 96.5 cm³/mol. The van der Waals surface area contributed by atoms with Crippen LogP contribution in [0.1, 0.15) is 32.3 Å². The van der Waals surface area contributed by atoms with E-state index in [4.69, 9.17) is 37.5 Å². The molecule has 1 aromatic rings. The van der Waals surface area contributed by atoms with E-state index in [0.29, 0.717) is 19.4 Å². The molecule has 0 atom stereocenters. The molecule has 0 N–H and O–H groups in total. The number of unbranched alkanes of at least 4 members (excludes halogenated alkanes) is 1. The Labute approximate surface area is 164 Å². The highest BCUT2D eigenvalue weighted by molar-refractivity contribution is 6.32. The summed E-state index contributed by atoms with van der Waals surface area (Å²) in [5.74, 6) is -0.672. The second-order valence-electron chi connectivity index (χ2n) is 5.51. The second-order valence-corrected chi connectivity index (χ2v) is 6.28. The Morgan fingerprint density at radius 1 is 1.15 bits per heavy atom. The van der Waals surface area contributed by atoms with Crippen molar-refractivity contribution in [1.29, 1.82) is 0 Å². The molecule has 0 spiro atoms. The molecule has 0 saturated carbocycles. The van der Waals surface area contributed by atoms with Gasteiger partial charge in [-0.3, -0.25) is 0 Å². The number of ether oxygens (including phenoxy) is 2. The lowest BCUT2D eigenvalue weighted by Crippen LogP contribution is -2.11. The highest BCUT2D eigenvalue weighted by Crippen LogP contribution is 2.43. The molecule has 0 aromatic heterocycles. The second kappa shape index (κ2) is 11.2. The molecular formula is C17H19Cl2F4NO3. The van der Waals surface area contributed by atoms with Crippen LogP contribution in [-0.4, -0.2) is 25.5 Å². The van der Waals surface area contributed by atoms with Crippen molar-refractivity contribution < 1.29 is 31.9 Å². The summed E-state index contributed by atoms with van der Waals surface area (Å²) in [5.41, 5.74) is -0.317. The molecule has 1 rings (SSSR count). The molecule has 0 aliphatic heterocycles. The molecule has 0 heterocycles. The van der Waals surface area contributed by atoms with E-state index in [9.17, 15) is 17.6 Å². The largest absolute Gasteiger partial charge is 0.491 e. The van der Waals surface area contributed by atoms with Gasteiger partial charge in [0, 0.05) is 12.1 Å². The molecule has 152 valence electrons. The summed E-state index contributed by atoms with van der Waals surface area (Å²) < 4.78 is 62.5.